The van der Waals surface area contributed by atoms with Crippen molar-refractivity contribution in [2.45, 2.75) is 63.8 Å². The molecule has 3 rings (SSSR count). The third-order valence-corrected chi connectivity index (χ3v) is 5.37. The van der Waals surface area contributed by atoms with Crippen molar-refractivity contribution < 1.29 is 14.3 Å². The molecule has 0 bridgehead atoms. The maximum Gasteiger partial charge on any atom is 0.222 e. The van der Waals surface area contributed by atoms with Crippen molar-refractivity contribution in [3.63, 3.8) is 0 Å². The van der Waals surface area contributed by atoms with Gasteiger partial charge in [0.15, 0.2) is 0 Å². The number of hydrogen-bond donors (Lipinski definition) is 1. The Labute approximate surface area is 157 Å². The summed E-state index contributed by atoms with van der Waals surface area (Å²) in [4.78, 5) is 14.1. The van der Waals surface area contributed by atoms with Crippen molar-refractivity contribution in [1.82, 2.24) is 10.2 Å². The van der Waals surface area contributed by atoms with Crippen LogP contribution in [-0.4, -0.2) is 55.3 Å². The van der Waals surface area contributed by atoms with Gasteiger partial charge in [-0.05, 0) is 31.2 Å². The Morgan fingerprint density at radius 3 is 2.73 bits per heavy atom. The van der Waals surface area contributed by atoms with E-state index < -0.39 is 0 Å². The normalized spacial score (nSPS) is 24.6. The molecule has 2 atom stereocenters. The average Bonchev–Trinajstić information content (AvgIpc) is 2.69. The molecule has 0 unspecified atom stereocenters. The van der Waals surface area contributed by atoms with E-state index in [0.717, 1.165) is 45.4 Å². The van der Waals surface area contributed by atoms with Crippen LogP contribution in [0.15, 0.2) is 30.3 Å². The zero-order chi connectivity index (χ0) is 18.2. The van der Waals surface area contributed by atoms with Crippen LogP contribution >= 0.6 is 0 Å². The van der Waals surface area contributed by atoms with E-state index in [4.69, 9.17) is 9.47 Å². The van der Waals surface area contributed by atoms with E-state index in [1.165, 1.54) is 5.56 Å². The fourth-order valence-corrected chi connectivity index (χ4v) is 3.81. The van der Waals surface area contributed by atoms with E-state index in [1.807, 2.05) is 23.1 Å². The second-order valence-corrected chi connectivity index (χ2v) is 7.38. The lowest BCUT2D eigenvalue weighted by atomic mass is 9.99. The molecule has 1 aromatic rings. The zero-order valence-corrected chi connectivity index (χ0v) is 15.9. The lowest BCUT2D eigenvalue weighted by molar-refractivity contribution is -0.132. The molecule has 2 saturated heterocycles. The van der Waals surface area contributed by atoms with Crippen LogP contribution in [-0.2, 0) is 20.9 Å². The Balaban J connectivity index is 1.46. The Bertz CT molecular complexity index is 543. The Morgan fingerprint density at radius 2 is 2.00 bits per heavy atom. The minimum absolute atomic E-state index is 0.0868. The van der Waals surface area contributed by atoms with Gasteiger partial charge in [-0.1, -0.05) is 37.3 Å². The van der Waals surface area contributed by atoms with Crippen molar-refractivity contribution in [2.75, 3.05) is 26.3 Å². The number of hydrogen-bond acceptors (Lipinski definition) is 4. The molecule has 1 amide bonds. The van der Waals surface area contributed by atoms with Gasteiger partial charge < -0.3 is 19.7 Å². The molecular weight excluding hydrogens is 328 g/mol. The fourth-order valence-electron chi connectivity index (χ4n) is 3.81. The van der Waals surface area contributed by atoms with Gasteiger partial charge in [0, 0.05) is 38.2 Å². The van der Waals surface area contributed by atoms with Crippen molar-refractivity contribution >= 4 is 5.91 Å². The molecule has 26 heavy (non-hydrogen) atoms. The summed E-state index contributed by atoms with van der Waals surface area (Å²) in [5, 5.41) is 3.79. The first kappa shape index (κ1) is 19.3. The maximum absolute atomic E-state index is 12.0. The number of carbonyl (C=O) groups excluding carboxylic acids is 1. The minimum atomic E-state index is 0.0868. The highest BCUT2D eigenvalue weighted by atomic mass is 16.5. The average molecular weight is 360 g/mol. The molecular formula is C21H32N2O3. The zero-order valence-electron chi connectivity index (χ0n) is 15.9. The van der Waals surface area contributed by atoms with E-state index in [1.54, 1.807) is 0 Å². The molecule has 5 nitrogen and oxygen atoms in total. The fraction of sp³-hybridized carbons (Fsp3) is 0.667. The molecule has 2 fully saturated rings. The third kappa shape index (κ3) is 5.53. The number of likely N-dealkylation sites (tertiary alicyclic amines) is 1. The Kier molecular flexibility index (Phi) is 7.47. The van der Waals surface area contributed by atoms with Crippen molar-refractivity contribution in [3.8, 4) is 0 Å². The van der Waals surface area contributed by atoms with Gasteiger partial charge in [0.2, 0.25) is 5.91 Å². The van der Waals surface area contributed by atoms with E-state index in [0.29, 0.717) is 37.6 Å². The molecule has 0 spiro atoms. The van der Waals surface area contributed by atoms with Crippen molar-refractivity contribution in [3.05, 3.63) is 35.9 Å². The van der Waals surface area contributed by atoms with Crippen molar-refractivity contribution in [2.24, 2.45) is 0 Å². The van der Waals surface area contributed by atoms with Gasteiger partial charge in [-0.25, -0.2) is 0 Å². The monoisotopic (exact) mass is 360 g/mol. The van der Waals surface area contributed by atoms with Crippen LogP contribution in [0.4, 0.5) is 0 Å². The summed E-state index contributed by atoms with van der Waals surface area (Å²) in [6.07, 6.45) is 4.72. The van der Waals surface area contributed by atoms with Gasteiger partial charge in [-0.15, -0.1) is 0 Å². The lowest BCUT2D eigenvalue weighted by Crippen LogP contribution is -2.54. The molecule has 0 radical (unpaired) electrons. The molecule has 2 aliphatic heterocycles. The summed E-state index contributed by atoms with van der Waals surface area (Å²) >= 11 is 0. The number of nitrogens with one attached hydrogen (secondary N) is 1. The third-order valence-electron chi connectivity index (χ3n) is 5.37. The van der Waals surface area contributed by atoms with Crippen LogP contribution < -0.4 is 5.32 Å². The summed E-state index contributed by atoms with van der Waals surface area (Å²) in [6.45, 7) is 5.86. The van der Waals surface area contributed by atoms with Crippen LogP contribution in [0, 0.1) is 0 Å². The Hall–Kier alpha value is -1.43. The molecule has 1 N–H and O–H groups in total. The summed E-state index contributed by atoms with van der Waals surface area (Å²) in [6, 6.07) is 11.1. The summed E-state index contributed by atoms with van der Waals surface area (Å²) in [7, 11) is 0. The minimum Gasteiger partial charge on any atom is -0.379 e. The van der Waals surface area contributed by atoms with E-state index in [9.17, 15) is 4.79 Å². The van der Waals surface area contributed by atoms with Gasteiger partial charge in [-0.3, -0.25) is 4.79 Å². The maximum atomic E-state index is 12.0. The Morgan fingerprint density at radius 1 is 1.23 bits per heavy atom. The summed E-state index contributed by atoms with van der Waals surface area (Å²) in [5.41, 5.74) is 1.19. The molecule has 0 aromatic heterocycles. The van der Waals surface area contributed by atoms with Gasteiger partial charge in [-0.2, -0.15) is 0 Å². The van der Waals surface area contributed by atoms with Crippen LogP contribution in [0.5, 0.6) is 0 Å². The smallest absolute Gasteiger partial charge is 0.222 e. The summed E-state index contributed by atoms with van der Waals surface area (Å²) in [5.74, 6) is 0.307. The number of piperidine rings is 1. The quantitative estimate of drug-likeness (QED) is 0.812. The molecule has 5 heteroatoms. The van der Waals surface area contributed by atoms with Gasteiger partial charge in [0.25, 0.3) is 0 Å². The number of benzene rings is 1. The topological polar surface area (TPSA) is 50.8 Å². The first-order valence-corrected chi connectivity index (χ1v) is 10.0. The number of carbonyl (C=O) groups is 1. The standard InChI is InChI=1S/C21H32N2O3/c1-2-6-21(24)23-12-9-18(10-13-23)22-19-11-14-25-16-20(19)26-15-17-7-4-3-5-8-17/h3-5,7-8,18-20,22H,2,6,9-16H2,1H3/t19-,20-/m1/s1. The molecule has 2 heterocycles. The second kappa shape index (κ2) is 10.0. The van der Waals surface area contributed by atoms with Crippen LogP contribution in [0.3, 0.4) is 0 Å². The predicted octanol–water partition coefficient (Wildman–Crippen LogP) is 2.74. The van der Waals surface area contributed by atoms with Crippen molar-refractivity contribution in [1.29, 1.82) is 0 Å². The largest absolute Gasteiger partial charge is 0.379 e. The molecule has 0 saturated carbocycles. The molecule has 144 valence electrons. The first-order chi connectivity index (χ1) is 12.8. The SMILES string of the molecule is CCCC(=O)N1CCC(N[C@@H]2CCOC[C@H]2OCc2ccccc2)CC1. The highest BCUT2D eigenvalue weighted by molar-refractivity contribution is 5.76. The van der Waals surface area contributed by atoms with E-state index >= 15 is 0 Å². The molecule has 1 aromatic carbocycles. The van der Waals surface area contributed by atoms with Gasteiger partial charge >= 0.3 is 0 Å². The van der Waals surface area contributed by atoms with Crippen LogP contribution in [0.2, 0.25) is 0 Å². The van der Waals surface area contributed by atoms with Crippen LogP contribution in [0.1, 0.15) is 44.6 Å². The lowest BCUT2D eigenvalue weighted by Gasteiger charge is -2.38. The number of nitrogens with zero attached hydrogens (tertiary/aromatic N) is 1. The van der Waals surface area contributed by atoms with E-state index in [-0.39, 0.29) is 6.10 Å². The summed E-state index contributed by atoms with van der Waals surface area (Å²) < 4.78 is 11.8. The number of amides is 1. The molecule has 0 aliphatic carbocycles. The highest BCUT2D eigenvalue weighted by Gasteiger charge is 2.30. The second-order valence-electron chi connectivity index (χ2n) is 7.38. The van der Waals surface area contributed by atoms with Gasteiger partial charge in [0.1, 0.15) is 0 Å². The first-order valence-electron chi connectivity index (χ1n) is 10.0. The number of rotatable bonds is 7. The predicted molar refractivity (Wildman–Crippen MR) is 102 cm³/mol. The molecule has 2 aliphatic rings. The van der Waals surface area contributed by atoms with E-state index in [2.05, 4.69) is 24.4 Å². The van der Waals surface area contributed by atoms with Crippen LogP contribution in [0.25, 0.3) is 0 Å². The van der Waals surface area contributed by atoms with Gasteiger partial charge in [0.05, 0.1) is 19.3 Å². The highest BCUT2D eigenvalue weighted by Crippen LogP contribution is 2.18. The number of ether oxygens (including phenoxy) is 2.